The maximum atomic E-state index is 13.6. The summed E-state index contributed by atoms with van der Waals surface area (Å²) in [6.45, 7) is 0. The Hall–Kier alpha value is -1.37. The Morgan fingerprint density at radius 2 is 1.89 bits per heavy atom. The zero-order valence-electron chi connectivity index (χ0n) is 9.27. The Labute approximate surface area is 119 Å². The third-order valence-corrected chi connectivity index (χ3v) is 4.35. The summed E-state index contributed by atoms with van der Waals surface area (Å²) < 4.78 is 39.8. The SMILES string of the molecule is O=S(=O)(Nc1cccc(Cl)c1F)c1cnccc1Cl. The van der Waals surface area contributed by atoms with Crippen LogP contribution in [0.2, 0.25) is 10.0 Å². The van der Waals surface area contributed by atoms with Crippen molar-refractivity contribution in [3.05, 3.63) is 52.5 Å². The Morgan fingerprint density at radius 3 is 2.58 bits per heavy atom. The molecule has 0 bridgehead atoms. The van der Waals surface area contributed by atoms with Crippen LogP contribution in [0.3, 0.4) is 0 Å². The molecule has 0 aliphatic carbocycles. The molecule has 0 unspecified atom stereocenters. The van der Waals surface area contributed by atoms with Crippen LogP contribution in [0.15, 0.2) is 41.6 Å². The highest BCUT2D eigenvalue weighted by Crippen LogP contribution is 2.26. The molecule has 0 aliphatic rings. The van der Waals surface area contributed by atoms with Crippen LogP contribution in [-0.4, -0.2) is 13.4 Å². The van der Waals surface area contributed by atoms with Gasteiger partial charge in [-0.05, 0) is 18.2 Å². The van der Waals surface area contributed by atoms with E-state index >= 15 is 0 Å². The molecule has 0 saturated heterocycles. The molecule has 0 fully saturated rings. The normalized spacial score (nSPS) is 11.3. The molecule has 0 amide bonds. The minimum absolute atomic E-state index is 0.00932. The van der Waals surface area contributed by atoms with Crippen molar-refractivity contribution in [2.24, 2.45) is 0 Å². The summed E-state index contributed by atoms with van der Waals surface area (Å²) in [5.74, 6) is -0.854. The lowest BCUT2D eigenvalue weighted by molar-refractivity contribution is 0.598. The predicted octanol–water partition coefficient (Wildman–Crippen LogP) is 3.33. The van der Waals surface area contributed by atoms with Gasteiger partial charge in [-0.25, -0.2) is 12.8 Å². The third-order valence-electron chi connectivity index (χ3n) is 2.22. The number of benzene rings is 1. The number of pyridine rings is 1. The molecule has 4 nitrogen and oxygen atoms in total. The Morgan fingerprint density at radius 1 is 1.16 bits per heavy atom. The van der Waals surface area contributed by atoms with Crippen molar-refractivity contribution < 1.29 is 12.8 Å². The largest absolute Gasteiger partial charge is 0.277 e. The molecule has 1 aromatic carbocycles. The zero-order valence-corrected chi connectivity index (χ0v) is 11.6. The molecule has 19 heavy (non-hydrogen) atoms. The van der Waals surface area contributed by atoms with Crippen molar-refractivity contribution in [1.29, 1.82) is 0 Å². The molecule has 0 radical (unpaired) electrons. The lowest BCUT2D eigenvalue weighted by atomic mass is 10.3. The maximum Gasteiger partial charge on any atom is 0.265 e. The number of nitrogens with zero attached hydrogens (tertiary/aromatic N) is 1. The molecule has 1 heterocycles. The van der Waals surface area contributed by atoms with E-state index in [1.807, 2.05) is 0 Å². The molecule has 1 aromatic heterocycles. The van der Waals surface area contributed by atoms with E-state index in [2.05, 4.69) is 9.71 Å². The predicted molar refractivity (Wildman–Crippen MR) is 71.5 cm³/mol. The fourth-order valence-corrected chi connectivity index (χ4v) is 3.01. The van der Waals surface area contributed by atoms with Gasteiger partial charge in [0.2, 0.25) is 0 Å². The highest BCUT2D eigenvalue weighted by atomic mass is 35.5. The van der Waals surface area contributed by atoms with Crippen molar-refractivity contribution in [2.45, 2.75) is 4.90 Å². The van der Waals surface area contributed by atoms with Crippen LogP contribution in [-0.2, 0) is 10.0 Å². The van der Waals surface area contributed by atoms with E-state index in [0.29, 0.717) is 0 Å². The second kappa shape index (κ2) is 5.32. The summed E-state index contributed by atoms with van der Waals surface area (Å²) >= 11 is 11.3. The summed E-state index contributed by atoms with van der Waals surface area (Å²) in [5.41, 5.74) is -0.257. The van der Waals surface area contributed by atoms with Crippen molar-refractivity contribution in [1.82, 2.24) is 4.98 Å². The maximum absolute atomic E-state index is 13.6. The van der Waals surface area contributed by atoms with Crippen LogP contribution in [0, 0.1) is 5.82 Å². The first-order valence-corrected chi connectivity index (χ1v) is 7.22. The molecule has 0 saturated carbocycles. The van der Waals surface area contributed by atoms with Gasteiger partial charge < -0.3 is 0 Å². The lowest BCUT2D eigenvalue weighted by Gasteiger charge is -2.10. The average Bonchev–Trinajstić information content (AvgIpc) is 2.35. The van der Waals surface area contributed by atoms with E-state index < -0.39 is 15.8 Å². The van der Waals surface area contributed by atoms with Crippen LogP contribution in [0.4, 0.5) is 10.1 Å². The van der Waals surface area contributed by atoms with Crippen LogP contribution in [0.25, 0.3) is 0 Å². The number of sulfonamides is 1. The van der Waals surface area contributed by atoms with Crippen molar-refractivity contribution in [2.75, 3.05) is 4.72 Å². The third kappa shape index (κ3) is 2.97. The van der Waals surface area contributed by atoms with Gasteiger partial charge in [0.15, 0.2) is 5.82 Å². The van der Waals surface area contributed by atoms with Crippen LogP contribution >= 0.6 is 23.2 Å². The van der Waals surface area contributed by atoms with E-state index in [1.165, 1.54) is 30.5 Å². The standard InChI is InChI=1S/C11H7Cl2FN2O2S/c12-7-4-5-15-6-10(7)19(17,18)16-9-3-1-2-8(13)11(9)14/h1-6,16H. The average molecular weight is 321 g/mol. The van der Waals surface area contributed by atoms with Gasteiger partial charge in [0.1, 0.15) is 4.90 Å². The summed E-state index contributed by atoms with van der Waals surface area (Å²) in [5, 5.41) is -0.192. The molecular formula is C11H7Cl2FN2O2S. The monoisotopic (exact) mass is 320 g/mol. The van der Waals surface area contributed by atoms with E-state index in [9.17, 15) is 12.8 Å². The number of halogens is 3. The molecule has 8 heteroatoms. The summed E-state index contributed by atoms with van der Waals surface area (Å²) in [4.78, 5) is 3.43. The number of anilines is 1. The van der Waals surface area contributed by atoms with Crippen LogP contribution < -0.4 is 4.72 Å². The molecule has 0 atom stereocenters. The molecule has 2 rings (SSSR count). The van der Waals surface area contributed by atoms with E-state index in [4.69, 9.17) is 23.2 Å². The molecule has 0 aliphatic heterocycles. The minimum atomic E-state index is -4.03. The van der Waals surface area contributed by atoms with Gasteiger partial charge in [0, 0.05) is 12.4 Å². The topological polar surface area (TPSA) is 59.1 Å². The fourth-order valence-electron chi connectivity index (χ4n) is 1.34. The van der Waals surface area contributed by atoms with Crippen LogP contribution in [0.5, 0.6) is 0 Å². The van der Waals surface area contributed by atoms with Gasteiger partial charge in [-0.1, -0.05) is 29.3 Å². The van der Waals surface area contributed by atoms with E-state index in [0.717, 1.165) is 6.20 Å². The Balaban J connectivity index is 2.43. The Bertz CT molecular complexity index is 722. The summed E-state index contributed by atoms with van der Waals surface area (Å²) in [6, 6.07) is 5.31. The first-order chi connectivity index (χ1) is 8.92. The molecule has 2 aromatic rings. The lowest BCUT2D eigenvalue weighted by Crippen LogP contribution is -2.14. The summed E-state index contributed by atoms with van der Waals surface area (Å²) in [7, 11) is -4.03. The summed E-state index contributed by atoms with van der Waals surface area (Å²) in [6.07, 6.45) is 2.43. The van der Waals surface area contributed by atoms with Crippen LogP contribution in [0.1, 0.15) is 0 Å². The number of nitrogens with one attached hydrogen (secondary N) is 1. The van der Waals surface area contributed by atoms with Gasteiger partial charge in [0.25, 0.3) is 10.0 Å². The number of hydrogen-bond donors (Lipinski definition) is 1. The van der Waals surface area contributed by atoms with Crippen molar-refractivity contribution in [3.8, 4) is 0 Å². The highest BCUT2D eigenvalue weighted by molar-refractivity contribution is 7.92. The minimum Gasteiger partial charge on any atom is -0.277 e. The van der Waals surface area contributed by atoms with Crippen molar-refractivity contribution >= 4 is 38.9 Å². The fraction of sp³-hybridized carbons (Fsp3) is 0. The molecule has 100 valence electrons. The number of rotatable bonds is 3. The van der Waals surface area contributed by atoms with E-state index in [-0.39, 0.29) is 20.6 Å². The first kappa shape index (κ1) is 14.0. The second-order valence-corrected chi connectivity index (χ2v) is 5.98. The number of aromatic nitrogens is 1. The van der Waals surface area contributed by atoms with Gasteiger partial charge in [-0.3, -0.25) is 9.71 Å². The zero-order chi connectivity index (χ0) is 14.0. The number of hydrogen-bond acceptors (Lipinski definition) is 3. The molecule has 1 N–H and O–H groups in total. The van der Waals surface area contributed by atoms with Crippen molar-refractivity contribution in [3.63, 3.8) is 0 Å². The second-order valence-electron chi connectivity index (χ2n) is 3.51. The first-order valence-electron chi connectivity index (χ1n) is 4.98. The molecule has 0 spiro atoms. The smallest absolute Gasteiger partial charge is 0.265 e. The van der Waals surface area contributed by atoms with Gasteiger partial charge in [-0.15, -0.1) is 0 Å². The molecular weight excluding hydrogens is 314 g/mol. The van der Waals surface area contributed by atoms with Gasteiger partial charge >= 0.3 is 0 Å². The van der Waals surface area contributed by atoms with Gasteiger partial charge in [-0.2, -0.15) is 0 Å². The van der Waals surface area contributed by atoms with Gasteiger partial charge in [0.05, 0.1) is 15.7 Å². The van der Waals surface area contributed by atoms with E-state index in [1.54, 1.807) is 0 Å². The highest BCUT2D eigenvalue weighted by Gasteiger charge is 2.20. The Kier molecular flexibility index (Phi) is 3.93. The quantitative estimate of drug-likeness (QED) is 0.943.